The van der Waals surface area contributed by atoms with Gasteiger partial charge in [-0.15, -0.1) is 11.3 Å². The first-order valence-corrected chi connectivity index (χ1v) is 6.16. The summed E-state index contributed by atoms with van der Waals surface area (Å²) in [6.07, 6.45) is 3.01. The standard InChI is InChI=1S/C10H7Cl2N3OS/c1-15(6-2-3-13-14-5-6)10(16)7-4-8(11)17-9(7)12/h2-5H,1H3. The average molecular weight is 288 g/mol. The molecule has 1 amide bonds. The largest absolute Gasteiger partial charge is 0.310 e. The number of amides is 1. The number of hydrogen-bond donors (Lipinski definition) is 0. The molecule has 2 aromatic heterocycles. The second-order valence-corrected chi connectivity index (χ2v) is 5.49. The van der Waals surface area contributed by atoms with Gasteiger partial charge in [-0.2, -0.15) is 10.2 Å². The van der Waals surface area contributed by atoms with Gasteiger partial charge in [-0.05, 0) is 12.1 Å². The minimum Gasteiger partial charge on any atom is -0.310 e. The Labute approximate surface area is 112 Å². The molecule has 0 saturated heterocycles. The number of carbonyl (C=O) groups is 1. The number of aromatic nitrogens is 2. The average Bonchev–Trinajstić information content (AvgIpc) is 2.68. The van der Waals surface area contributed by atoms with E-state index in [0.29, 0.717) is 19.9 Å². The van der Waals surface area contributed by atoms with Gasteiger partial charge in [0.1, 0.15) is 4.34 Å². The number of halogens is 2. The Hall–Kier alpha value is -1.17. The van der Waals surface area contributed by atoms with Crippen molar-refractivity contribution < 1.29 is 4.79 Å². The maximum absolute atomic E-state index is 12.1. The molecule has 0 saturated carbocycles. The molecule has 7 heteroatoms. The van der Waals surface area contributed by atoms with Crippen LogP contribution in [0.2, 0.25) is 8.67 Å². The number of anilines is 1. The van der Waals surface area contributed by atoms with Crippen LogP contribution in [0.4, 0.5) is 5.69 Å². The van der Waals surface area contributed by atoms with Crippen LogP contribution in [0.1, 0.15) is 10.4 Å². The normalized spacial score (nSPS) is 10.3. The van der Waals surface area contributed by atoms with E-state index in [-0.39, 0.29) is 5.91 Å². The van der Waals surface area contributed by atoms with Crippen molar-refractivity contribution in [3.8, 4) is 0 Å². The molecule has 0 aliphatic carbocycles. The van der Waals surface area contributed by atoms with E-state index in [1.54, 1.807) is 19.2 Å². The lowest BCUT2D eigenvalue weighted by Gasteiger charge is -2.15. The Morgan fingerprint density at radius 2 is 2.18 bits per heavy atom. The van der Waals surface area contributed by atoms with Crippen LogP contribution >= 0.6 is 34.5 Å². The summed E-state index contributed by atoms with van der Waals surface area (Å²) in [7, 11) is 1.64. The van der Waals surface area contributed by atoms with Gasteiger partial charge in [0.15, 0.2) is 0 Å². The summed E-state index contributed by atoms with van der Waals surface area (Å²) >= 11 is 12.9. The van der Waals surface area contributed by atoms with E-state index < -0.39 is 0 Å². The highest BCUT2D eigenvalue weighted by molar-refractivity contribution is 7.20. The monoisotopic (exact) mass is 287 g/mol. The Bertz CT molecular complexity index is 544. The molecule has 17 heavy (non-hydrogen) atoms. The van der Waals surface area contributed by atoms with Gasteiger partial charge in [0.2, 0.25) is 0 Å². The van der Waals surface area contributed by atoms with Gasteiger partial charge in [0.05, 0.1) is 28.0 Å². The van der Waals surface area contributed by atoms with E-state index in [0.717, 1.165) is 0 Å². The summed E-state index contributed by atoms with van der Waals surface area (Å²) in [5, 5.41) is 7.36. The minimum atomic E-state index is -0.230. The zero-order valence-electron chi connectivity index (χ0n) is 8.72. The van der Waals surface area contributed by atoms with Crippen molar-refractivity contribution in [2.75, 3.05) is 11.9 Å². The third-order valence-corrected chi connectivity index (χ3v) is 3.64. The van der Waals surface area contributed by atoms with E-state index in [1.165, 1.54) is 28.6 Å². The maximum Gasteiger partial charge on any atom is 0.260 e. The van der Waals surface area contributed by atoms with Gasteiger partial charge >= 0.3 is 0 Å². The van der Waals surface area contributed by atoms with Crippen LogP contribution in [0.25, 0.3) is 0 Å². The highest BCUT2D eigenvalue weighted by atomic mass is 35.5. The molecule has 0 spiro atoms. The molecule has 0 atom stereocenters. The van der Waals surface area contributed by atoms with Crippen molar-refractivity contribution in [2.24, 2.45) is 0 Å². The molecule has 0 radical (unpaired) electrons. The molecule has 0 aromatic carbocycles. The van der Waals surface area contributed by atoms with Crippen molar-refractivity contribution in [3.05, 3.63) is 38.8 Å². The number of thiophene rings is 1. The summed E-state index contributed by atoms with van der Waals surface area (Å²) in [6, 6.07) is 3.24. The summed E-state index contributed by atoms with van der Waals surface area (Å²) in [4.78, 5) is 13.6. The van der Waals surface area contributed by atoms with Crippen LogP contribution in [-0.2, 0) is 0 Å². The van der Waals surface area contributed by atoms with E-state index in [9.17, 15) is 4.79 Å². The van der Waals surface area contributed by atoms with Crippen LogP contribution < -0.4 is 4.90 Å². The first kappa shape index (κ1) is 12.3. The molecule has 2 heterocycles. The molecule has 88 valence electrons. The highest BCUT2D eigenvalue weighted by Gasteiger charge is 2.19. The molecule has 2 rings (SSSR count). The Kier molecular flexibility index (Phi) is 3.61. The van der Waals surface area contributed by atoms with Crippen LogP contribution in [0.5, 0.6) is 0 Å². The van der Waals surface area contributed by atoms with Gasteiger partial charge in [-0.1, -0.05) is 23.2 Å². The van der Waals surface area contributed by atoms with Gasteiger partial charge in [-0.3, -0.25) is 4.79 Å². The predicted molar refractivity (Wildman–Crippen MR) is 69.1 cm³/mol. The number of carbonyl (C=O) groups excluding carboxylic acids is 1. The molecule has 0 unspecified atom stereocenters. The molecule has 0 aliphatic heterocycles. The smallest absolute Gasteiger partial charge is 0.260 e. The van der Waals surface area contributed by atoms with Crippen LogP contribution in [0.3, 0.4) is 0 Å². The summed E-state index contributed by atoms with van der Waals surface area (Å²) in [5.74, 6) is -0.230. The number of hydrogen-bond acceptors (Lipinski definition) is 4. The van der Waals surface area contributed by atoms with Crippen molar-refractivity contribution in [1.82, 2.24) is 10.2 Å². The number of nitrogens with zero attached hydrogens (tertiary/aromatic N) is 3. The summed E-state index contributed by atoms with van der Waals surface area (Å²) < 4.78 is 0.869. The van der Waals surface area contributed by atoms with Crippen LogP contribution in [0.15, 0.2) is 24.5 Å². The predicted octanol–water partition coefficient (Wildman–Crippen LogP) is 3.12. The summed E-state index contributed by atoms with van der Waals surface area (Å²) in [6.45, 7) is 0. The first-order chi connectivity index (χ1) is 8.09. The zero-order valence-corrected chi connectivity index (χ0v) is 11.1. The topological polar surface area (TPSA) is 46.1 Å². The Morgan fingerprint density at radius 1 is 1.41 bits per heavy atom. The molecule has 4 nitrogen and oxygen atoms in total. The lowest BCUT2D eigenvalue weighted by atomic mass is 10.3. The summed E-state index contributed by atoms with van der Waals surface area (Å²) in [5.41, 5.74) is 1.03. The second kappa shape index (κ2) is 5.00. The zero-order chi connectivity index (χ0) is 12.4. The third-order valence-electron chi connectivity index (χ3n) is 2.15. The molecule has 0 aliphatic rings. The first-order valence-electron chi connectivity index (χ1n) is 4.59. The fourth-order valence-electron chi connectivity index (χ4n) is 1.27. The lowest BCUT2D eigenvalue weighted by molar-refractivity contribution is 0.0993. The fourth-order valence-corrected chi connectivity index (χ4v) is 2.71. The van der Waals surface area contributed by atoms with Crippen molar-refractivity contribution >= 4 is 46.1 Å². The van der Waals surface area contributed by atoms with Gasteiger partial charge < -0.3 is 4.90 Å². The SMILES string of the molecule is CN(C(=O)c1cc(Cl)sc1Cl)c1ccnnc1. The van der Waals surface area contributed by atoms with Crippen molar-refractivity contribution in [3.63, 3.8) is 0 Å². The van der Waals surface area contributed by atoms with E-state index in [2.05, 4.69) is 10.2 Å². The van der Waals surface area contributed by atoms with Gasteiger partial charge in [0, 0.05) is 7.05 Å². The molecule has 0 fully saturated rings. The molecule has 0 bridgehead atoms. The quantitative estimate of drug-likeness (QED) is 0.853. The van der Waals surface area contributed by atoms with E-state index in [4.69, 9.17) is 23.2 Å². The van der Waals surface area contributed by atoms with Crippen LogP contribution in [0, 0.1) is 0 Å². The second-order valence-electron chi connectivity index (χ2n) is 3.20. The Morgan fingerprint density at radius 3 is 2.71 bits per heavy atom. The van der Waals surface area contributed by atoms with Gasteiger partial charge in [-0.25, -0.2) is 0 Å². The Balaban J connectivity index is 2.30. The van der Waals surface area contributed by atoms with Crippen LogP contribution in [-0.4, -0.2) is 23.2 Å². The molecule has 0 N–H and O–H groups in total. The third kappa shape index (κ3) is 2.57. The fraction of sp³-hybridized carbons (Fsp3) is 0.100. The van der Waals surface area contributed by atoms with Gasteiger partial charge in [0.25, 0.3) is 5.91 Å². The lowest BCUT2D eigenvalue weighted by Crippen LogP contribution is -2.26. The molecule has 2 aromatic rings. The molecular formula is C10H7Cl2N3OS. The van der Waals surface area contributed by atoms with E-state index in [1.807, 2.05) is 0 Å². The maximum atomic E-state index is 12.1. The van der Waals surface area contributed by atoms with E-state index >= 15 is 0 Å². The number of rotatable bonds is 2. The minimum absolute atomic E-state index is 0.230. The van der Waals surface area contributed by atoms with Crippen molar-refractivity contribution in [1.29, 1.82) is 0 Å². The highest BCUT2D eigenvalue weighted by Crippen LogP contribution is 2.32. The van der Waals surface area contributed by atoms with Crippen molar-refractivity contribution in [2.45, 2.75) is 0 Å². The molecular weight excluding hydrogens is 281 g/mol.